The first-order valence-corrected chi connectivity index (χ1v) is 10.1. The SMILES string of the molecule is Cc1nc2cc(F)c(F)cc2n1CC(=O)N1CCC2(CCCN(C)C2)C(C)C1. The highest BCUT2D eigenvalue weighted by molar-refractivity contribution is 5.81. The number of piperidine rings is 2. The first kappa shape index (κ1) is 19.3. The Hall–Kier alpha value is -2.02. The number of rotatable bonds is 2. The molecule has 2 fully saturated rings. The van der Waals surface area contributed by atoms with E-state index in [0.717, 1.165) is 44.7 Å². The number of nitrogens with zero attached hydrogens (tertiary/aromatic N) is 4. The molecule has 0 radical (unpaired) electrons. The maximum Gasteiger partial charge on any atom is 0.242 e. The minimum absolute atomic E-state index is 0.0120. The van der Waals surface area contributed by atoms with Crippen LogP contribution in [0.25, 0.3) is 11.0 Å². The van der Waals surface area contributed by atoms with Gasteiger partial charge >= 0.3 is 0 Å². The van der Waals surface area contributed by atoms with Gasteiger partial charge in [-0.15, -0.1) is 0 Å². The van der Waals surface area contributed by atoms with Gasteiger partial charge in [-0.25, -0.2) is 13.8 Å². The Morgan fingerprint density at radius 3 is 2.71 bits per heavy atom. The largest absolute Gasteiger partial charge is 0.341 e. The quantitative estimate of drug-likeness (QED) is 0.791. The summed E-state index contributed by atoms with van der Waals surface area (Å²) in [6, 6.07) is 2.22. The van der Waals surface area contributed by atoms with Gasteiger partial charge in [0.1, 0.15) is 12.4 Å². The summed E-state index contributed by atoms with van der Waals surface area (Å²) in [5.41, 5.74) is 1.14. The smallest absolute Gasteiger partial charge is 0.242 e. The summed E-state index contributed by atoms with van der Waals surface area (Å²) >= 11 is 0. The third kappa shape index (κ3) is 3.30. The standard InChI is InChI=1S/C21H28F2N4O/c1-14-11-26(8-6-21(14)5-4-7-25(3)13-21)20(28)12-27-15(2)24-18-9-16(22)17(23)10-19(18)27/h9-10,14H,4-8,11-13H2,1-3H3. The van der Waals surface area contributed by atoms with Crippen molar-refractivity contribution in [3.8, 4) is 0 Å². The minimum Gasteiger partial charge on any atom is -0.341 e. The highest BCUT2D eigenvalue weighted by Crippen LogP contribution is 2.43. The fourth-order valence-corrected chi connectivity index (χ4v) is 5.12. The number of fused-ring (bicyclic) bond motifs is 1. The Kier molecular flexibility index (Phi) is 4.89. The van der Waals surface area contributed by atoms with Gasteiger partial charge in [0.2, 0.25) is 5.91 Å². The summed E-state index contributed by atoms with van der Waals surface area (Å²) in [5.74, 6) is -0.797. The molecular weight excluding hydrogens is 362 g/mol. The van der Waals surface area contributed by atoms with Gasteiger partial charge in [0.15, 0.2) is 11.6 Å². The van der Waals surface area contributed by atoms with Crippen molar-refractivity contribution in [3.05, 3.63) is 29.6 Å². The molecule has 152 valence electrons. The van der Waals surface area contributed by atoms with Crippen molar-refractivity contribution in [2.24, 2.45) is 11.3 Å². The minimum atomic E-state index is -0.920. The zero-order valence-corrected chi connectivity index (χ0v) is 16.8. The third-order valence-corrected chi connectivity index (χ3v) is 6.85. The molecule has 2 atom stereocenters. The van der Waals surface area contributed by atoms with Gasteiger partial charge in [-0.3, -0.25) is 4.79 Å². The zero-order valence-electron chi connectivity index (χ0n) is 16.8. The molecule has 0 N–H and O–H groups in total. The van der Waals surface area contributed by atoms with E-state index in [2.05, 4.69) is 23.9 Å². The Balaban J connectivity index is 1.50. The zero-order chi connectivity index (χ0) is 20.1. The van der Waals surface area contributed by atoms with Crippen molar-refractivity contribution < 1.29 is 13.6 Å². The second-order valence-electron chi connectivity index (χ2n) is 8.69. The second-order valence-corrected chi connectivity index (χ2v) is 8.69. The fourth-order valence-electron chi connectivity index (χ4n) is 5.12. The molecule has 5 nitrogen and oxygen atoms in total. The van der Waals surface area contributed by atoms with Crippen LogP contribution in [0.4, 0.5) is 8.78 Å². The van der Waals surface area contributed by atoms with Crippen LogP contribution >= 0.6 is 0 Å². The van der Waals surface area contributed by atoms with Gasteiger partial charge in [-0.05, 0) is 51.1 Å². The van der Waals surface area contributed by atoms with E-state index in [1.165, 1.54) is 12.8 Å². The Morgan fingerprint density at radius 2 is 2.00 bits per heavy atom. The van der Waals surface area contributed by atoms with Gasteiger partial charge < -0.3 is 14.4 Å². The lowest BCUT2D eigenvalue weighted by atomic mass is 9.66. The number of imidazole rings is 1. The van der Waals surface area contributed by atoms with E-state index in [-0.39, 0.29) is 12.5 Å². The van der Waals surface area contributed by atoms with E-state index in [0.29, 0.717) is 28.2 Å². The Bertz CT molecular complexity index is 911. The summed E-state index contributed by atoms with van der Waals surface area (Å²) < 4.78 is 28.9. The van der Waals surface area contributed by atoms with Crippen molar-refractivity contribution in [1.82, 2.24) is 19.4 Å². The summed E-state index contributed by atoms with van der Waals surface area (Å²) in [6.45, 7) is 7.89. The molecular formula is C21H28F2N4O. The van der Waals surface area contributed by atoms with Crippen LogP contribution in [-0.4, -0.2) is 58.5 Å². The van der Waals surface area contributed by atoms with E-state index in [9.17, 15) is 13.6 Å². The van der Waals surface area contributed by atoms with Crippen molar-refractivity contribution in [1.29, 1.82) is 0 Å². The monoisotopic (exact) mass is 390 g/mol. The van der Waals surface area contributed by atoms with Gasteiger partial charge in [0.05, 0.1) is 11.0 Å². The molecule has 7 heteroatoms. The molecule has 2 aliphatic heterocycles. The number of hydrogen-bond acceptors (Lipinski definition) is 3. The van der Waals surface area contributed by atoms with Crippen molar-refractivity contribution >= 4 is 16.9 Å². The lowest BCUT2D eigenvalue weighted by Gasteiger charge is -2.51. The highest BCUT2D eigenvalue weighted by atomic mass is 19.2. The van der Waals surface area contributed by atoms with E-state index in [1.807, 2.05) is 4.90 Å². The summed E-state index contributed by atoms with van der Waals surface area (Å²) in [4.78, 5) is 21.6. The molecule has 0 bridgehead atoms. The third-order valence-electron chi connectivity index (χ3n) is 6.85. The van der Waals surface area contributed by atoms with Gasteiger partial charge in [0.25, 0.3) is 0 Å². The van der Waals surface area contributed by atoms with Crippen molar-refractivity contribution in [3.63, 3.8) is 0 Å². The number of hydrogen-bond donors (Lipinski definition) is 0. The number of halogens is 2. The summed E-state index contributed by atoms with van der Waals surface area (Å²) in [7, 11) is 2.18. The number of aromatic nitrogens is 2. The van der Waals surface area contributed by atoms with Crippen LogP contribution in [0.15, 0.2) is 12.1 Å². The topological polar surface area (TPSA) is 41.4 Å². The fraction of sp³-hybridized carbons (Fsp3) is 0.619. The molecule has 1 aromatic carbocycles. The predicted octanol–water partition coefficient (Wildman–Crippen LogP) is 3.20. The van der Waals surface area contributed by atoms with Gasteiger partial charge in [-0.2, -0.15) is 0 Å². The van der Waals surface area contributed by atoms with E-state index in [1.54, 1.807) is 11.5 Å². The number of carbonyl (C=O) groups is 1. The molecule has 28 heavy (non-hydrogen) atoms. The molecule has 1 amide bonds. The molecule has 2 aliphatic rings. The Labute approximate surface area is 164 Å². The number of likely N-dealkylation sites (tertiary alicyclic amines) is 2. The van der Waals surface area contributed by atoms with Crippen LogP contribution < -0.4 is 0 Å². The molecule has 1 spiro atoms. The molecule has 4 rings (SSSR count). The number of benzene rings is 1. The van der Waals surface area contributed by atoms with Crippen molar-refractivity contribution in [2.45, 2.75) is 39.7 Å². The van der Waals surface area contributed by atoms with E-state index < -0.39 is 11.6 Å². The average Bonchev–Trinajstić information content (AvgIpc) is 2.93. The molecule has 2 aromatic rings. The second kappa shape index (κ2) is 7.10. The van der Waals surface area contributed by atoms with Gasteiger partial charge in [0, 0.05) is 31.8 Å². The lowest BCUT2D eigenvalue weighted by Crippen LogP contribution is -2.54. The van der Waals surface area contributed by atoms with Crippen LogP contribution in [0, 0.1) is 29.9 Å². The first-order valence-electron chi connectivity index (χ1n) is 10.1. The van der Waals surface area contributed by atoms with Gasteiger partial charge in [-0.1, -0.05) is 6.92 Å². The van der Waals surface area contributed by atoms with E-state index >= 15 is 0 Å². The summed E-state index contributed by atoms with van der Waals surface area (Å²) in [5, 5.41) is 0. The van der Waals surface area contributed by atoms with Crippen LogP contribution in [0.2, 0.25) is 0 Å². The van der Waals surface area contributed by atoms with E-state index in [4.69, 9.17) is 0 Å². The van der Waals surface area contributed by atoms with Crippen LogP contribution in [0.5, 0.6) is 0 Å². The average molecular weight is 390 g/mol. The molecule has 0 saturated carbocycles. The molecule has 3 heterocycles. The number of amides is 1. The molecule has 2 saturated heterocycles. The predicted molar refractivity (Wildman–Crippen MR) is 104 cm³/mol. The molecule has 2 unspecified atom stereocenters. The van der Waals surface area contributed by atoms with Crippen LogP contribution in [0.3, 0.4) is 0 Å². The first-order chi connectivity index (χ1) is 13.3. The number of carbonyl (C=O) groups excluding carboxylic acids is 1. The maximum absolute atomic E-state index is 13.7. The normalized spacial score (nSPS) is 26.3. The lowest BCUT2D eigenvalue weighted by molar-refractivity contribution is -0.137. The molecule has 0 aliphatic carbocycles. The van der Waals surface area contributed by atoms with Crippen LogP contribution in [0.1, 0.15) is 32.0 Å². The maximum atomic E-state index is 13.7. The van der Waals surface area contributed by atoms with Crippen LogP contribution in [-0.2, 0) is 11.3 Å². The Morgan fingerprint density at radius 1 is 1.25 bits per heavy atom. The molecule has 1 aromatic heterocycles. The number of aryl methyl sites for hydroxylation is 1. The van der Waals surface area contributed by atoms with Crippen molar-refractivity contribution in [2.75, 3.05) is 33.2 Å². The summed E-state index contributed by atoms with van der Waals surface area (Å²) in [6.07, 6.45) is 3.47. The highest BCUT2D eigenvalue weighted by Gasteiger charge is 2.43.